The third kappa shape index (κ3) is 6.00. The first-order valence-electron chi connectivity index (χ1n) is 10.9. The number of ether oxygens (including phenoxy) is 1. The van der Waals surface area contributed by atoms with Crippen LogP contribution in [0.3, 0.4) is 0 Å². The van der Waals surface area contributed by atoms with Gasteiger partial charge < -0.3 is 15.4 Å². The molecule has 1 aliphatic heterocycles. The maximum Gasteiger partial charge on any atom is 0.237 e. The lowest BCUT2D eigenvalue weighted by atomic mass is 10.0. The summed E-state index contributed by atoms with van der Waals surface area (Å²) in [6.45, 7) is 10.6. The number of likely N-dealkylation sites (tertiary alicyclic amines) is 1. The van der Waals surface area contributed by atoms with Crippen LogP contribution >= 0.6 is 11.6 Å². The minimum Gasteiger partial charge on any atom is -0.496 e. The van der Waals surface area contributed by atoms with Crippen molar-refractivity contribution in [1.29, 1.82) is 0 Å². The number of methoxy groups -OCH3 is 1. The fraction of sp³-hybridized carbons (Fsp3) is 0.480. The maximum atomic E-state index is 12.9. The molecule has 0 aliphatic carbocycles. The third-order valence-corrected chi connectivity index (χ3v) is 6.34. The van der Waals surface area contributed by atoms with E-state index in [4.69, 9.17) is 16.3 Å². The molecule has 1 aliphatic rings. The Hall–Kier alpha value is -2.08. The number of nitrogens with one attached hydrogen (secondary N) is 2. The number of benzene rings is 2. The van der Waals surface area contributed by atoms with Gasteiger partial charge in [-0.2, -0.15) is 0 Å². The minimum absolute atomic E-state index is 0.102. The molecule has 31 heavy (non-hydrogen) atoms. The van der Waals surface area contributed by atoms with E-state index in [0.29, 0.717) is 0 Å². The van der Waals surface area contributed by atoms with Gasteiger partial charge in [0.25, 0.3) is 0 Å². The largest absolute Gasteiger partial charge is 0.496 e. The minimum atomic E-state index is -0.144. The number of amides is 1. The van der Waals surface area contributed by atoms with Gasteiger partial charge in [-0.1, -0.05) is 29.8 Å². The van der Waals surface area contributed by atoms with Crippen molar-refractivity contribution < 1.29 is 9.53 Å². The quantitative estimate of drug-likeness (QED) is 0.641. The van der Waals surface area contributed by atoms with Crippen molar-refractivity contribution in [2.75, 3.05) is 13.7 Å². The molecule has 6 heteroatoms. The van der Waals surface area contributed by atoms with E-state index in [2.05, 4.69) is 35.4 Å². The molecular weight excluding hydrogens is 410 g/mol. The molecule has 2 N–H and O–H groups in total. The molecule has 0 spiro atoms. The summed E-state index contributed by atoms with van der Waals surface area (Å²) in [7, 11) is 1.70. The van der Waals surface area contributed by atoms with Crippen molar-refractivity contribution in [1.82, 2.24) is 15.5 Å². The van der Waals surface area contributed by atoms with Crippen LogP contribution in [0.25, 0.3) is 0 Å². The lowest BCUT2D eigenvalue weighted by Gasteiger charge is -2.24. The SMILES string of the molecule is COc1ccc(CN[C@@H]2C[C@@H](C(=O)NC(C)C)N(Cc3ccc(Cl)cc3)C2)c(C)c1C. The van der Waals surface area contributed by atoms with E-state index >= 15 is 0 Å². The van der Waals surface area contributed by atoms with Gasteiger partial charge in [0.05, 0.1) is 13.2 Å². The summed E-state index contributed by atoms with van der Waals surface area (Å²) in [6.07, 6.45) is 0.792. The van der Waals surface area contributed by atoms with Crippen molar-refractivity contribution >= 4 is 17.5 Å². The second kappa shape index (κ2) is 10.5. The molecule has 0 bridgehead atoms. The average Bonchev–Trinajstić information content (AvgIpc) is 3.13. The van der Waals surface area contributed by atoms with E-state index in [9.17, 15) is 4.79 Å². The van der Waals surface area contributed by atoms with Crippen molar-refractivity contribution in [2.24, 2.45) is 0 Å². The highest BCUT2D eigenvalue weighted by Crippen LogP contribution is 2.25. The molecular formula is C25H34ClN3O2. The molecule has 2 aromatic carbocycles. The Labute approximate surface area is 191 Å². The predicted molar refractivity (Wildman–Crippen MR) is 127 cm³/mol. The third-order valence-electron chi connectivity index (χ3n) is 6.09. The molecule has 0 radical (unpaired) electrons. The molecule has 5 nitrogen and oxygen atoms in total. The van der Waals surface area contributed by atoms with Gasteiger partial charge in [-0.05, 0) is 74.6 Å². The highest BCUT2D eigenvalue weighted by molar-refractivity contribution is 6.30. The lowest BCUT2D eigenvalue weighted by molar-refractivity contribution is -0.126. The van der Waals surface area contributed by atoms with E-state index in [1.165, 1.54) is 16.7 Å². The lowest BCUT2D eigenvalue weighted by Crippen LogP contribution is -2.45. The van der Waals surface area contributed by atoms with Gasteiger partial charge in [-0.15, -0.1) is 0 Å². The van der Waals surface area contributed by atoms with Crippen molar-refractivity contribution in [2.45, 2.75) is 65.3 Å². The molecule has 3 rings (SSSR count). The molecule has 168 valence electrons. The first-order valence-corrected chi connectivity index (χ1v) is 11.3. The van der Waals surface area contributed by atoms with Crippen LogP contribution in [0.4, 0.5) is 0 Å². The number of nitrogens with zero attached hydrogens (tertiary/aromatic N) is 1. The summed E-state index contributed by atoms with van der Waals surface area (Å²) in [4.78, 5) is 15.2. The standard InChI is InChI=1S/C25H34ClN3O2/c1-16(2)28-25(30)23-12-22(15-29(23)14-19-6-9-21(26)10-7-19)27-13-20-8-11-24(31-5)18(4)17(20)3/h6-11,16,22-23,27H,12-15H2,1-5H3,(H,28,30)/t22-,23+/m1/s1. The van der Waals surface area contributed by atoms with Crippen LogP contribution in [0.15, 0.2) is 36.4 Å². The van der Waals surface area contributed by atoms with Gasteiger partial charge in [0, 0.05) is 36.7 Å². The van der Waals surface area contributed by atoms with E-state index in [1.807, 2.05) is 44.2 Å². The first kappa shape index (κ1) is 23.6. The number of rotatable bonds is 8. The fourth-order valence-electron chi connectivity index (χ4n) is 4.22. The normalized spacial score (nSPS) is 19.1. The molecule has 1 heterocycles. The van der Waals surface area contributed by atoms with Crippen molar-refractivity contribution in [3.63, 3.8) is 0 Å². The van der Waals surface area contributed by atoms with E-state index in [-0.39, 0.29) is 24.0 Å². The van der Waals surface area contributed by atoms with Crippen LogP contribution < -0.4 is 15.4 Å². The zero-order chi connectivity index (χ0) is 22.5. The molecule has 2 aromatic rings. The zero-order valence-corrected chi connectivity index (χ0v) is 19.9. The Bertz CT molecular complexity index is 898. The van der Waals surface area contributed by atoms with Gasteiger partial charge in [0.15, 0.2) is 0 Å². The summed E-state index contributed by atoms with van der Waals surface area (Å²) in [6, 6.07) is 12.3. The molecule has 1 fully saturated rings. The Balaban J connectivity index is 1.69. The number of hydrogen-bond donors (Lipinski definition) is 2. The second-order valence-corrected chi connectivity index (χ2v) is 9.16. The van der Waals surface area contributed by atoms with Crippen LogP contribution in [0, 0.1) is 13.8 Å². The van der Waals surface area contributed by atoms with E-state index < -0.39 is 0 Å². The topological polar surface area (TPSA) is 53.6 Å². The van der Waals surface area contributed by atoms with Crippen LogP contribution in [-0.4, -0.2) is 42.6 Å². The van der Waals surface area contributed by atoms with Crippen LogP contribution in [0.2, 0.25) is 5.02 Å². The second-order valence-electron chi connectivity index (χ2n) is 8.73. The molecule has 2 atom stereocenters. The van der Waals surface area contributed by atoms with Crippen LogP contribution in [-0.2, 0) is 17.9 Å². The maximum absolute atomic E-state index is 12.9. The summed E-state index contributed by atoms with van der Waals surface area (Å²) >= 11 is 6.03. The number of carbonyl (C=O) groups is 1. The van der Waals surface area contributed by atoms with Gasteiger partial charge >= 0.3 is 0 Å². The van der Waals surface area contributed by atoms with E-state index in [0.717, 1.165) is 42.4 Å². The molecule has 0 saturated carbocycles. The fourth-order valence-corrected chi connectivity index (χ4v) is 4.35. The Morgan fingerprint density at radius 2 is 1.87 bits per heavy atom. The Kier molecular flexibility index (Phi) is 7.98. The van der Waals surface area contributed by atoms with Gasteiger partial charge in [-0.25, -0.2) is 0 Å². The summed E-state index contributed by atoms with van der Waals surface area (Å²) in [5, 5.41) is 7.50. The zero-order valence-electron chi connectivity index (χ0n) is 19.2. The van der Waals surface area contributed by atoms with E-state index in [1.54, 1.807) is 7.11 Å². The smallest absolute Gasteiger partial charge is 0.237 e. The predicted octanol–water partition coefficient (Wildman–Crippen LogP) is 4.22. The highest BCUT2D eigenvalue weighted by atomic mass is 35.5. The summed E-state index contributed by atoms with van der Waals surface area (Å²) < 4.78 is 5.43. The Morgan fingerprint density at radius 3 is 2.52 bits per heavy atom. The monoisotopic (exact) mass is 443 g/mol. The van der Waals surface area contributed by atoms with Gasteiger partial charge in [-0.3, -0.25) is 9.69 Å². The molecule has 0 unspecified atom stereocenters. The summed E-state index contributed by atoms with van der Waals surface area (Å²) in [5.74, 6) is 1.02. The number of hydrogen-bond acceptors (Lipinski definition) is 4. The van der Waals surface area contributed by atoms with Crippen molar-refractivity contribution in [3.05, 3.63) is 63.7 Å². The molecule has 0 aromatic heterocycles. The van der Waals surface area contributed by atoms with Crippen LogP contribution in [0.5, 0.6) is 5.75 Å². The number of halogens is 1. The Morgan fingerprint density at radius 1 is 1.16 bits per heavy atom. The van der Waals surface area contributed by atoms with Gasteiger partial charge in [0.2, 0.25) is 5.91 Å². The number of carbonyl (C=O) groups excluding carboxylic acids is 1. The average molecular weight is 444 g/mol. The molecule has 1 saturated heterocycles. The molecule has 1 amide bonds. The van der Waals surface area contributed by atoms with Crippen molar-refractivity contribution in [3.8, 4) is 5.75 Å². The highest BCUT2D eigenvalue weighted by Gasteiger charge is 2.36. The first-order chi connectivity index (χ1) is 14.8. The van der Waals surface area contributed by atoms with Gasteiger partial charge in [0.1, 0.15) is 5.75 Å². The van der Waals surface area contributed by atoms with Crippen LogP contribution in [0.1, 0.15) is 42.5 Å². The summed E-state index contributed by atoms with van der Waals surface area (Å²) in [5.41, 5.74) is 4.84.